The molecule has 0 aliphatic carbocycles. The lowest BCUT2D eigenvalue weighted by Crippen LogP contribution is -2.20. The average molecular weight is 454 g/mol. The summed E-state index contributed by atoms with van der Waals surface area (Å²) in [5, 5.41) is 0. The van der Waals surface area contributed by atoms with Crippen LogP contribution < -0.4 is 9.47 Å². The van der Waals surface area contributed by atoms with Crippen molar-refractivity contribution in [3.8, 4) is 11.5 Å². The van der Waals surface area contributed by atoms with Crippen LogP contribution in [-0.2, 0) is 4.74 Å². The maximum atomic E-state index is 12.7. The van der Waals surface area contributed by atoms with E-state index in [0.717, 1.165) is 16.9 Å². The lowest BCUT2D eigenvalue weighted by atomic mass is 9.97. The number of hydrogen-bond donors (Lipinski definition) is 0. The Labute approximate surface area is 156 Å². The van der Waals surface area contributed by atoms with Crippen molar-refractivity contribution in [1.29, 1.82) is 0 Å². The van der Waals surface area contributed by atoms with E-state index in [2.05, 4.69) is 31.9 Å². The fraction of sp³-hybridized carbons (Fsp3) is 0.167. The third kappa shape index (κ3) is 3.08. The monoisotopic (exact) mass is 452 g/mol. The number of Topliss-reactive ketones (excluding diaryl/α,β-unsaturated/α-hetero) is 1. The number of halogens is 2. The molecule has 1 aliphatic rings. The molecule has 0 unspecified atom stereocenters. The number of ketones is 1. The van der Waals surface area contributed by atoms with Crippen LogP contribution in [0.1, 0.15) is 15.9 Å². The van der Waals surface area contributed by atoms with Gasteiger partial charge in [0.2, 0.25) is 5.78 Å². The number of allylic oxidation sites excluding steroid dienone is 1. The molecule has 4 nitrogen and oxygen atoms in total. The molecule has 6 heteroatoms. The zero-order valence-corrected chi connectivity index (χ0v) is 16.2. The minimum absolute atomic E-state index is 0.156. The molecule has 0 amide bonds. The van der Waals surface area contributed by atoms with E-state index in [9.17, 15) is 4.79 Å². The molecule has 0 radical (unpaired) electrons. The summed E-state index contributed by atoms with van der Waals surface area (Å²) in [4.78, 5) is 12.7. The molecule has 0 saturated heterocycles. The van der Waals surface area contributed by atoms with E-state index < -0.39 is 0 Å². The zero-order chi connectivity index (χ0) is 17.3. The van der Waals surface area contributed by atoms with Crippen LogP contribution in [0.15, 0.2) is 51.1 Å². The molecular weight excluding hydrogens is 440 g/mol. The summed E-state index contributed by atoms with van der Waals surface area (Å²) in [6, 6.07) is 11.0. The van der Waals surface area contributed by atoms with E-state index in [1.165, 1.54) is 0 Å². The lowest BCUT2D eigenvalue weighted by molar-refractivity contribution is 0.0901. The van der Waals surface area contributed by atoms with Crippen LogP contribution in [0.3, 0.4) is 0 Å². The van der Waals surface area contributed by atoms with Crippen molar-refractivity contribution in [2.24, 2.45) is 0 Å². The molecule has 1 heterocycles. The summed E-state index contributed by atoms with van der Waals surface area (Å²) in [6.45, 7) is 0.423. The standard InChI is InChI=1S/C18H14Br2O4/c1-22-12-5-3-10(4-6-12)13-9-24-17(13)16(21)11-7-14(19)18(23-2)15(20)8-11/h3-8H,9H2,1-2H3. The Morgan fingerprint density at radius 1 is 1.04 bits per heavy atom. The molecule has 0 spiro atoms. The highest BCUT2D eigenvalue weighted by Crippen LogP contribution is 2.37. The number of carbonyl (C=O) groups is 1. The van der Waals surface area contributed by atoms with Gasteiger partial charge in [-0.25, -0.2) is 0 Å². The van der Waals surface area contributed by atoms with E-state index in [-0.39, 0.29) is 5.78 Å². The molecule has 2 aromatic carbocycles. The topological polar surface area (TPSA) is 44.8 Å². The van der Waals surface area contributed by atoms with Gasteiger partial charge in [0.15, 0.2) is 5.76 Å². The molecule has 0 bridgehead atoms. The van der Waals surface area contributed by atoms with Crippen LogP contribution in [0.2, 0.25) is 0 Å². The third-order valence-electron chi connectivity index (χ3n) is 3.74. The molecule has 3 rings (SSSR count). The lowest BCUT2D eigenvalue weighted by Gasteiger charge is -2.24. The average Bonchev–Trinajstić information content (AvgIpc) is 2.54. The highest BCUT2D eigenvalue weighted by molar-refractivity contribution is 9.11. The molecular formula is C18H14Br2O4. The van der Waals surface area contributed by atoms with Crippen LogP contribution in [0.25, 0.3) is 5.57 Å². The molecule has 0 fully saturated rings. The predicted octanol–water partition coefficient (Wildman–Crippen LogP) is 4.85. The van der Waals surface area contributed by atoms with Gasteiger partial charge < -0.3 is 14.2 Å². The fourth-order valence-electron chi connectivity index (χ4n) is 2.44. The second-order valence-electron chi connectivity index (χ2n) is 5.13. The first-order valence-corrected chi connectivity index (χ1v) is 8.72. The molecule has 1 aliphatic heterocycles. The van der Waals surface area contributed by atoms with E-state index in [0.29, 0.717) is 32.6 Å². The summed E-state index contributed by atoms with van der Waals surface area (Å²) in [6.07, 6.45) is 0. The Hall–Kier alpha value is -1.79. The predicted molar refractivity (Wildman–Crippen MR) is 98.6 cm³/mol. The Bertz CT molecular complexity index is 802. The van der Waals surface area contributed by atoms with Crippen molar-refractivity contribution < 1.29 is 19.0 Å². The number of rotatable bonds is 5. The summed E-state index contributed by atoms with van der Waals surface area (Å²) >= 11 is 6.83. The van der Waals surface area contributed by atoms with Crippen molar-refractivity contribution in [3.05, 3.63) is 62.2 Å². The van der Waals surface area contributed by atoms with Crippen LogP contribution in [0, 0.1) is 0 Å². The first kappa shape index (κ1) is 17.0. The Morgan fingerprint density at radius 2 is 1.67 bits per heavy atom. The van der Waals surface area contributed by atoms with E-state index in [1.807, 2.05) is 24.3 Å². The van der Waals surface area contributed by atoms with Crippen LogP contribution in [0.4, 0.5) is 0 Å². The second-order valence-corrected chi connectivity index (χ2v) is 6.84. The van der Waals surface area contributed by atoms with Crippen LogP contribution in [0.5, 0.6) is 11.5 Å². The normalized spacial score (nSPS) is 13.2. The quantitative estimate of drug-likeness (QED) is 0.607. The van der Waals surface area contributed by atoms with Gasteiger partial charge in [0.25, 0.3) is 0 Å². The maximum absolute atomic E-state index is 12.7. The summed E-state index contributed by atoms with van der Waals surface area (Å²) in [5.74, 6) is 1.64. The first-order chi connectivity index (χ1) is 11.5. The van der Waals surface area contributed by atoms with Gasteiger partial charge in [-0.15, -0.1) is 0 Å². The molecule has 0 saturated carbocycles. The van der Waals surface area contributed by atoms with Crippen molar-refractivity contribution in [1.82, 2.24) is 0 Å². The van der Waals surface area contributed by atoms with Gasteiger partial charge in [-0.3, -0.25) is 4.79 Å². The highest BCUT2D eigenvalue weighted by Gasteiger charge is 2.28. The number of methoxy groups -OCH3 is 2. The van der Waals surface area contributed by atoms with Gasteiger partial charge >= 0.3 is 0 Å². The number of ether oxygens (including phenoxy) is 3. The highest BCUT2D eigenvalue weighted by atomic mass is 79.9. The van der Waals surface area contributed by atoms with Crippen LogP contribution >= 0.6 is 31.9 Å². The minimum atomic E-state index is -0.156. The van der Waals surface area contributed by atoms with Crippen molar-refractivity contribution in [3.63, 3.8) is 0 Å². The zero-order valence-electron chi connectivity index (χ0n) is 13.1. The van der Waals surface area contributed by atoms with Crippen molar-refractivity contribution in [2.75, 3.05) is 20.8 Å². The Morgan fingerprint density at radius 3 is 2.12 bits per heavy atom. The molecule has 124 valence electrons. The summed E-state index contributed by atoms with van der Waals surface area (Å²) < 4.78 is 17.3. The van der Waals surface area contributed by atoms with Gasteiger partial charge in [-0.05, 0) is 61.7 Å². The van der Waals surface area contributed by atoms with Gasteiger partial charge in [0, 0.05) is 11.1 Å². The molecule has 2 aromatic rings. The molecule has 0 atom stereocenters. The first-order valence-electron chi connectivity index (χ1n) is 7.13. The second kappa shape index (κ2) is 6.99. The fourth-order valence-corrected chi connectivity index (χ4v) is 3.95. The van der Waals surface area contributed by atoms with Crippen molar-refractivity contribution in [2.45, 2.75) is 0 Å². The number of hydrogen-bond acceptors (Lipinski definition) is 4. The third-order valence-corrected chi connectivity index (χ3v) is 4.92. The number of benzene rings is 2. The van der Waals surface area contributed by atoms with Crippen molar-refractivity contribution >= 4 is 43.2 Å². The van der Waals surface area contributed by atoms with Gasteiger partial charge in [-0.1, -0.05) is 12.1 Å². The summed E-state index contributed by atoms with van der Waals surface area (Å²) in [5.41, 5.74) is 2.37. The largest absolute Gasteiger partial charge is 0.497 e. The number of carbonyl (C=O) groups excluding carboxylic acids is 1. The van der Waals surface area contributed by atoms with Crippen LogP contribution in [-0.4, -0.2) is 26.6 Å². The maximum Gasteiger partial charge on any atom is 0.228 e. The Balaban J connectivity index is 1.94. The molecule has 24 heavy (non-hydrogen) atoms. The van der Waals surface area contributed by atoms with E-state index >= 15 is 0 Å². The smallest absolute Gasteiger partial charge is 0.228 e. The Kier molecular flexibility index (Phi) is 4.96. The molecule has 0 N–H and O–H groups in total. The SMILES string of the molecule is COc1ccc(C2=C(C(=O)c3cc(Br)c(OC)c(Br)c3)OC2)cc1. The minimum Gasteiger partial charge on any atom is -0.497 e. The summed E-state index contributed by atoms with van der Waals surface area (Å²) in [7, 11) is 3.20. The van der Waals surface area contributed by atoms with Gasteiger partial charge in [0.1, 0.15) is 18.1 Å². The van der Waals surface area contributed by atoms with E-state index in [1.54, 1.807) is 26.4 Å². The van der Waals surface area contributed by atoms with Gasteiger partial charge in [-0.2, -0.15) is 0 Å². The molecule has 0 aromatic heterocycles. The van der Waals surface area contributed by atoms with E-state index in [4.69, 9.17) is 14.2 Å². The van der Waals surface area contributed by atoms with Gasteiger partial charge in [0.05, 0.1) is 23.2 Å².